The van der Waals surface area contributed by atoms with Gasteiger partial charge in [0, 0.05) is 11.8 Å². The van der Waals surface area contributed by atoms with Gasteiger partial charge in [-0.3, -0.25) is 4.79 Å². The molecule has 0 aromatic carbocycles. The van der Waals surface area contributed by atoms with Gasteiger partial charge in [0.1, 0.15) is 5.41 Å². The van der Waals surface area contributed by atoms with Gasteiger partial charge in [-0.15, -0.1) is 0 Å². The number of hydrogen-bond donors (Lipinski definition) is 3. The summed E-state index contributed by atoms with van der Waals surface area (Å²) >= 11 is 1.68. The van der Waals surface area contributed by atoms with E-state index in [1.807, 2.05) is 20.1 Å². The molecule has 0 saturated heterocycles. The predicted octanol–water partition coefficient (Wildman–Crippen LogP) is 1.41. The highest BCUT2D eigenvalue weighted by atomic mass is 32.2. The molecule has 0 fully saturated rings. The molecule has 0 aromatic rings. The van der Waals surface area contributed by atoms with Crippen LogP contribution in [0.2, 0.25) is 0 Å². The first-order valence-corrected chi connectivity index (χ1v) is 7.13. The molecule has 2 unspecified atom stereocenters. The van der Waals surface area contributed by atoms with Gasteiger partial charge in [0.2, 0.25) is 5.91 Å². The zero-order valence-corrected chi connectivity index (χ0v) is 11.8. The molecule has 4 N–H and O–H groups in total. The van der Waals surface area contributed by atoms with Crippen molar-refractivity contribution in [3.05, 3.63) is 0 Å². The Kier molecular flexibility index (Phi) is 7.03. The zero-order valence-electron chi connectivity index (χ0n) is 11.0. The molecule has 2 atom stereocenters. The molecular weight excluding hydrogens is 238 g/mol. The topological polar surface area (TPSA) is 87.7 Å². The molecule has 5 nitrogen and oxygen atoms in total. The molecule has 0 spiro atoms. The molecule has 17 heavy (non-hydrogen) atoms. The summed E-state index contributed by atoms with van der Waals surface area (Å²) in [5.41, 5.74) is 4.64. The van der Waals surface area contributed by atoms with E-state index in [-0.39, 0.29) is 17.8 Å². The van der Waals surface area contributed by atoms with Crippen molar-refractivity contribution < 1.29 is 10.0 Å². The molecule has 0 saturated carbocycles. The monoisotopic (exact) mass is 261 g/mol. The van der Waals surface area contributed by atoms with Crippen LogP contribution in [0.1, 0.15) is 33.6 Å². The summed E-state index contributed by atoms with van der Waals surface area (Å²) in [6.45, 7) is 5.55. The Morgan fingerprint density at radius 1 is 1.59 bits per heavy atom. The fourth-order valence-corrected chi connectivity index (χ4v) is 2.10. The lowest BCUT2D eigenvalue weighted by Gasteiger charge is -2.28. The third-order valence-corrected chi connectivity index (χ3v) is 3.81. The number of oxime groups is 1. The van der Waals surface area contributed by atoms with Crippen molar-refractivity contribution in [2.75, 3.05) is 12.0 Å². The van der Waals surface area contributed by atoms with Crippen LogP contribution in [0, 0.1) is 5.41 Å². The normalized spacial score (nSPS) is 17.3. The first-order valence-electron chi connectivity index (χ1n) is 5.74. The maximum Gasteiger partial charge on any atom is 0.233 e. The number of carbonyl (C=O) groups excluding carboxylic acids is 1. The zero-order chi connectivity index (χ0) is 13.5. The largest absolute Gasteiger partial charge is 0.409 e. The molecule has 0 aliphatic heterocycles. The van der Waals surface area contributed by atoms with E-state index in [1.165, 1.54) is 0 Å². The lowest BCUT2D eigenvalue weighted by Crippen LogP contribution is -2.50. The number of nitrogens with zero attached hydrogens (tertiary/aromatic N) is 1. The number of carbonyl (C=O) groups is 1. The number of thioether (sulfide) groups is 1. The summed E-state index contributed by atoms with van der Waals surface area (Å²) in [4.78, 5) is 12.1. The lowest BCUT2D eigenvalue weighted by molar-refractivity contribution is -0.127. The Hall–Kier alpha value is -0.910. The molecule has 6 heteroatoms. The first kappa shape index (κ1) is 16.1. The summed E-state index contributed by atoms with van der Waals surface area (Å²) in [6.07, 6.45) is 3.35. The smallest absolute Gasteiger partial charge is 0.233 e. The quantitative estimate of drug-likeness (QED) is 0.280. The van der Waals surface area contributed by atoms with Gasteiger partial charge in [-0.25, -0.2) is 0 Å². The van der Waals surface area contributed by atoms with Crippen molar-refractivity contribution in [3.8, 4) is 0 Å². The average molecular weight is 261 g/mol. The van der Waals surface area contributed by atoms with Crippen LogP contribution in [0.3, 0.4) is 0 Å². The van der Waals surface area contributed by atoms with Crippen molar-refractivity contribution in [2.45, 2.75) is 39.7 Å². The van der Waals surface area contributed by atoms with E-state index >= 15 is 0 Å². The third-order valence-electron chi connectivity index (χ3n) is 3.08. The number of amides is 1. The van der Waals surface area contributed by atoms with E-state index in [4.69, 9.17) is 10.9 Å². The van der Waals surface area contributed by atoms with E-state index in [2.05, 4.69) is 10.5 Å². The van der Waals surface area contributed by atoms with Gasteiger partial charge in [0.25, 0.3) is 0 Å². The molecular formula is C11H23N3O2S. The molecule has 0 aromatic heterocycles. The minimum atomic E-state index is -0.944. The molecule has 0 aliphatic rings. The summed E-state index contributed by atoms with van der Waals surface area (Å²) in [5, 5.41) is 14.6. The van der Waals surface area contributed by atoms with Crippen molar-refractivity contribution in [1.29, 1.82) is 0 Å². The Morgan fingerprint density at radius 3 is 2.53 bits per heavy atom. The van der Waals surface area contributed by atoms with Crippen LogP contribution in [0.4, 0.5) is 0 Å². The Morgan fingerprint density at radius 2 is 2.18 bits per heavy atom. The van der Waals surface area contributed by atoms with Crippen LogP contribution in [0.5, 0.6) is 0 Å². The third kappa shape index (κ3) is 4.11. The highest BCUT2D eigenvalue weighted by molar-refractivity contribution is 7.98. The number of hydrogen-bond acceptors (Lipinski definition) is 4. The van der Waals surface area contributed by atoms with Crippen LogP contribution in [-0.4, -0.2) is 35.0 Å². The number of amidine groups is 1. The highest BCUT2D eigenvalue weighted by Gasteiger charge is 2.37. The Bertz CT molecular complexity index is 284. The van der Waals surface area contributed by atoms with E-state index in [0.29, 0.717) is 6.42 Å². The predicted molar refractivity (Wildman–Crippen MR) is 72.4 cm³/mol. The maximum atomic E-state index is 12.1. The fourth-order valence-electron chi connectivity index (χ4n) is 1.38. The van der Waals surface area contributed by atoms with Crippen LogP contribution in [0.15, 0.2) is 5.16 Å². The number of nitrogens with two attached hydrogens (primary N) is 1. The minimum Gasteiger partial charge on any atom is -0.409 e. The van der Waals surface area contributed by atoms with Gasteiger partial charge >= 0.3 is 0 Å². The summed E-state index contributed by atoms with van der Waals surface area (Å²) in [6, 6.07) is 0.120. The molecule has 0 radical (unpaired) electrons. The van der Waals surface area contributed by atoms with Gasteiger partial charge in [0.15, 0.2) is 5.84 Å². The summed E-state index contributed by atoms with van der Waals surface area (Å²) in [5.74, 6) is 0.630. The molecule has 1 amide bonds. The van der Waals surface area contributed by atoms with E-state index < -0.39 is 5.41 Å². The molecule has 100 valence electrons. The van der Waals surface area contributed by atoms with E-state index in [1.54, 1.807) is 18.7 Å². The first-order chi connectivity index (χ1) is 7.96. The van der Waals surface area contributed by atoms with Gasteiger partial charge in [0.05, 0.1) is 0 Å². The van der Waals surface area contributed by atoms with Gasteiger partial charge < -0.3 is 16.3 Å². The molecule has 0 rings (SSSR count). The van der Waals surface area contributed by atoms with Gasteiger partial charge in [-0.1, -0.05) is 19.0 Å². The minimum absolute atomic E-state index is 0.0449. The van der Waals surface area contributed by atoms with Crippen molar-refractivity contribution in [3.63, 3.8) is 0 Å². The second-order valence-electron chi connectivity index (χ2n) is 4.20. The lowest BCUT2D eigenvalue weighted by atomic mass is 9.85. The maximum absolute atomic E-state index is 12.1. The molecule has 0 heterocycles. The van der Waals surface area contributed by atoms with Crippen molar-refractivity contribution >= 4 is 23.5 Å². The summed E-state index contributed by atoms with van der Waals surface area (Å²) in [7, 11) is 0. The van der Waals surface area contributed by atoms with E-state index in [0.717, 1.165) is 12.2 Å². The molecule has 0 bridgehead atoms. The Labute approximate surface area is 107 Å². The number of nitrogens with one attached hydrogen (secondary N) is 1. The number of rotatable bonds is 7. The molecule has 0 aliphatic carbocycles. The Balaban J connectivity index is 4.76. The second kappa shape index (κ2) is 7.42. The van der Waals surface area contributed by atoms with Gasteiger partial charge in [-0.2, -0.15) is 11.8 Å². The van der Waals surface area contributed by atoms with Gasteiger partial charge in [-0.05, 0) is 26.0 Å². The average Bonchev–Trinajstić information content (AvgIpc) is 2.35. The van der Waals surface area contributed by atoms with Crippen LogP contribution in [-0.2, 0) is 4.79 Å². The van der Waals surface area contributed by atoms with Crippen LogP contribution < -0.4 is 11.1 Å². The van der Waals surface area contributed by atoms with E-state index in [9.17, 15) is 4.79 Å². The fraction of sp³-hybridized carbons (Fsp3) is 0.818. The SMILES string of the molecule is CCC(CSC)NC(=O)C(C)(CC)C(N)=NO. The highest BCUT2D eigenvalue weighted by Crippen LogP contribution is 2.22. The van der Waals surface area contributed by atoms with Crippen LogP contribution in [0.25, 0.3) is 0 Å². The van der Waals surface area contributed by atoms with Crippen LogP contribution >= 0.6 is 11.8 Å². The second-order valence-corrected chi connectivity index (χ2v) is 5.12. The summed E-state index contributed by atoms with van der Waals surface area (Å²) < 4.78 is 0. The van der Waals surface area contributed by atoms with Crippen molar-refractivity contribution in [1.82, 2.24) is 5.32 Å². The standard InChI is InChI=1S/C11H23N3O2S/c1-5-8(7-17-4)13-10(15)11(3,6-2)9(12)14-16/h8,16H,5-7H2,1-4H3,(H2,12,14)(H,13,15). The van der Waals surface area contributed by atoms with Crippen molar-refractivity contribution in [2.24, 2.45) is 16.3 Å².